The zero-order valence-electron chi connectivity index (χ0n) is 10.7. The first-order valence-corrected chi connectivity index (χ1v) is 7.77. The predicted octanol–water partition coefficient (Wildman–Crippen LogP) is -0.134. The summed E-state index contributed by atoms with van der Waals surface area (Å²) in [6.07, 6.45) is 5.48. The third-order valence-electron chi connectivity index (χ3n) is 4.60. The van der Waals surface area contributed by atoms with Crippen LogP contribution in [0.3, 0.4) is 0 Å². The molecule has 0 aromatic rings. The summed E-state index contributed by atoms with van der Waals surface area (Å²) in [6.45, 7) is 1.66. The van der Waals surface area contributed by atoms with Crippen molar-refractivity contribution in [3.8, 4) is 0 Å². The molecule has 0 aromatic heterocycles. The second-order valence-corrected chi connectivity index (χ2v) is 7.20. The van der Waals surface area contributed by atoms with Crippen LogP contribution < -0.4 is 5.32 Å². The Labute approximate surface area is 113 Å². The molecule has 3 aliphatic rings. The van der Waals surface area contributed by atoms with E-state index < -0.39 is 44.6 Å². The molecule has 5 nitrogen and oxygen atoms in total. The lowest BCUT2D eigenvalue weighted by atomic mass is 9.73. The van der Waals surface area contributed by atoms with Gasteiger partial charge in [-0.1, -0.05) is 19.1 Å². The van der Waals surface area contributed by atoms with Crippen molar-refractivity contribution in [2.45, 2.75) is 43.1 Å². The number of aliphatic hydroxyl groups excluding tert-OH is 1. The summed E-state index contributed by atoms with van der Waals surface area (Å²) in [5, 5.41) is 12.8. The molecule has 3 rings (SSSR count). The quantitative estimate of drug-likeness (QED) is 0.546. The summed E-state index contributed by atoms with van der Waals surface area (Å²) in [5.74, 6) is -1.12. The molecule has 1 amide bonds. The molecule has 0 saturated carbocycles. The average Bonchev–Trinajstić information content (AvgIpc) is 2.57. The number of allylic oxidation sites excluding steroid dienone is 1. The third-order valence-corrected chi connectivity index (χ3v) is 6.63. The number of nitrogens with one attached hydrogen (secondary N) is 1. The highest BCUT2D eigenvalue weighted by Crippen LogP contribution is 2.46. The van der Waals surface area contributed by atoms with Crippen molar-refractivity contribution < 1.29 is 18.9 Å². The Morgan fingerprint density at radius 2 is 2.26 bits per heavy atom. The van der Waals surface area contributed by atoms with Crippen molar-refractivity contribution in [2.75, 3.05) is 0 Å². The molecule has 0 spiro atoms. The summed E-state index contributed by atoms with van der Waals surface area (Å²) in [5.41, 5.74) is 0. The molecular formula is C13H17NO4S. The van der Waals surface area contributed by atoms with Crippen LogP contribution in [0.2, 0.25) is 0 Å². The zero-order chi connectivity index (χ0) is 13.8. The van der Waals surface area contributed by atoms with Crippen molar-refractivity contribution in [2.24, 2.45) is 11.8 Å². The minimum absolute atomic E-state index is 0.190. The van der Waals surface area contributed by atoms with E-state index in [-0.39, 0.29) is 5.92 Å². The van der Waals surface area contributed by atoms with E-state index in [2.05, 4.69) is 5.32 Å². The first-order chi connectivity index (χ1) is 9.01. The van der Waals surface area contributed by atoms with Gasteiger partial charge in [0.15, 0.2) is 4.75 Å². The van der Waals surface area contributed by atoms with Gasteiger partial charge in [-0.2, -0.15) is 0 Å². The molecule has 6 heteroatoms. The summed E-state index contributed by atoms with van der Waals surface area (Å²) >= 11 is 0. The molecule has 2 saturated heterocycles. The Hall–Kier alpha value is -1.01. The number of amides is 1. The number of rotatable bonds is 2. The van der Waals surface area contributed by atoms with E-state index in [1.165, 1.54) is 0 Å². The van der Waals surface area contributed by atoms with Crippen molar-refractivity contribution in [1.29, 1.82) is 0 Å². The Morgan fingerprint density at radius 3 is 2.79 bits per heavy atom. The second-order valence-electron chi connectivity index (χ2n) is 5.59. The molecule has 0 bridgehead atoms. The maximum Gasteiger partial charge on any atom is 0.244 e. The van der Waals surface area contributed by atoms with E-state index >= 15 is 0 Å². The zero-order valence-corrected chi connectivity index (χ0v) is 11.5. The average molecular weight is 283 g/mol. The minimum atomic E-state index is -1.94. The molecule has 104 valence electrons. The first kappa shape index (κ1) is 13.0. The Morgan fingerprint density at radius 1 is 1.53 bits per heavy atom. The summed E-state index contributed by atoms with van der Waals surface area (Å²) in [4.78, 5) is 23.9. The first-order valence-electron chi connectivity index (χ1n) is 6.62. The number of hydrogen-bond acceptors (Lipinski definition) is 4. The number of fused-ring (bicyclic) bond motifs is 1. The molecule has 2 N–H and O–H groups in total. The monoisotopic (exact) mass is 283 g/mol. The number of hydrogen-bond donors (Lipinski definition) is 2. The van der Waals surface area contributed by atoms with Crippen LogP contribution in [0.4, 0.5) is 0 Å². The van der Waals surface area contributed by atoms with Crippen LogP contribution in [-0.4, -0.2) is 37.2 Å². The Kier molecular flexibility index (Phi) is 2.90. The van der Waals surface area contributed by atoms with Gasteiger partial charge in [0.2, 0.25) is 11.0 Å². The molecule has 1 aliphatic carbocycles. The number of aliphatic hydroxyl groups is 1. The maximum atomic E-state index is 12.3. The van der Waals surface area contributed by atoms with Crippen LogP contribution in [0.15, 0.2) is 12.2 Å². The van der Waals surface area contributed by atoms with Crippen LogP contribution in [0.5, 0.6) is 0 Å². The van der Waals surface area contributed by atoms with Crippen molar-refractivity contribution in [1.82, 2.24) is 5.32 Å². The Balaban J connectivity index is 1.98. The van der Waals surface area contributed by atoms with Crippen LogP contribution in [0, 0.1) is 11.8 Å². The van der Waals surface area contributed by atoms with Gasteiger partial charge in [0.1, 0.15) is 10.8 Å². The lowest BCUT2D eigenvalue weighted by Crippen LogP contribution is -2.78. The van der Waals surface area contributed by atoms with Gasteiger partial charge in [0.05, 0.1) is 18.1 Å². The Bertz CT molecular complexity index is 503. The van der Waals surface area contributed by atoms with Gasteiger partial charge >= 0.3 is 0 Å². The minimum Gasteiger partial charge on any atom is -0.390 e. The van der Waals surface area contributed by atoms with Gasteiger partial charge in [-0.15, -0.1) is 0 Å². The van der Waals surface area contributed by atoms with Crippen molar-refractivity contribution >= 4 is 21.8 Å². The van der Waals surface area contributed by atoms with Crippen molar-refractivity contribution in [3.05, 3.63) is 12.2 Å². The summed E-state index contributed by atoms with van der Waals surface area (Å²) < 4.78 is 10.9. The van der Waals surface area contributed by atoms with Crippen LogP contribution in [-0.2, 0) is 20.4 Å². The molecule has 2 aliphatic heterocycles. The SMILES string of the molecule is CC1C(=O)S(=O)[C@@]2([C@@H](O)[C@@H]3C=CCCC3)C(=O)NC12. The fourth-order valence-corrected chi connectivity index (χ4v) is 5.36. The van der Waals surface area contributed by atoms with E-state index in [0.29, 0.717) is 0 Å². The smallest absolute Gasteiger partial charge is 0.244 e. The molecule has 0 radical (unpaired) electrons. The van der Waals surface area contributed by atoms with Gasteiger partial charge in [-0.3, -0.25) is 13.8 Å². The molecule has 3 unspecified atom stereocenters. The van der Waals surface area contributed by atoms with Gasteiger partial charge in [-0.25, -0.2) is 0 Å². The second kappa shape index (κ2) is 4.24. The highest BCUT2D eigenvalue weighted by atomic mass is 32.2. The van der Waals surface area contributed by atoms with E-state index in [1.807, 2.05) is 12.2 Å². The fourth-order valence-electron chi connectivity index (χ4n) is 3.44. The topological polar surface area (TPSA) is 83.5 Å². The normalized spacial score (nSPS) is 46.4. The van der Waals surface area contributed by atoms with E-state index in [1.54, 1.807) is 6.92 Å². The van der Waals surface area contributed by atoms with Gasteiger partial charge in [-0.05, 0) is 19.3 Å². The molecule has 2 fully saturated rings. The number of carbonyl (C=O) groups is 2. The van der Waals surface area contributed by atoms with Crippen LogP contribution in [0.1, 0.15) is 26.2 Å². The largest absolute Gasteiger partial charge is 0.390 e. The van der Waals surface area contributed by atoms with E-state index in [9.17, 15) is 18.9 Å². The van der Waals surface area contributed by atoms with Crippen molar-refractivity contribution in [3.63, 3.8) is 0 Å². The molecule has 19 heavy (non-hydrogen) atoms. The summed E-state index contributed by atoms with van der Waals surface area (Å²) in [7, 11) is -1.94. The summed E-state index contributed by atoms with van der Waals surface area (Å²) in [6, 6.07) is -0.487. The van der Waals surface area contributed by atoms with Gasteiger partial charge < -0.3 is 10.4 Å². The number of carbonyl (C=O) groups excluding carboxylic acids is 2. The molecule has 0 aromatic carbocycles. The van der Waals surface area contributed by atoms with E-state index in [4.69, 9.17) is 0 Å². The molecule has 6 atom stereocenters. The lowest BCUT2D eigenvalue weighted by molar-refractivity contribution is -0.140. The standard InChI is InChI=1S/C13H17NO4S/c1-7-9-13(12(17)14-9,19(18)11(7)16)10(15)8-5-3-2-4-6-8/h3,5,7-10,15H,2,4,6H2,1H3,(H,14,17)/t7?,8-,9?,10+,13+,19?/m1/s1. The van der Waals surface area contributed by atoms with Crippen LogP contribution >= 0.6 is 0 Å². The lowest BCUT2D eigenvalue weighted by Gasteiger charge is -2.47. The van der Waals surface area contributed by atoms with Gasteiger partial charge in [0, 0.05) is 5.92 Å². The third kappa shape index (κ3) is 1.47. The molecular weight excluding hydrogens is 266 g/mol. The predicted molar refractivity (Wildman–Crippen MR) is 69.5 cm³/mol. The maximum absolute atomic E-state index is 12.3. The van der Waals surface area contributed by atoms with Gasteiger partial charge in [0.25, 0.3) is 0 Å². The van der Waals surface area contributed by atoms with Crippen LogP contribution in [0.25, 0.3) is 0 Å². The highest BCUT2D eigenvalue weighted by Gasteiger charge is 2.73. The fraction of sp³-hybridized carbons (Fsp3) is 0.692. The molecule has 2 heterocycles. The number of β-lactam (4-membered cyclic amide) rings is 1. The highest BCUT2D eigenvalue weighted by molar-refractivity contribution is 8.03. The van der Waals surface area contributed by atoms with E-state index in [0.717, 1.165) is 19.3 Å².